The van der Waals surface area contributed by atoms with Crippen LogP contribution in [0.2, 0.25) is 0 Å². The average molecular weight is 186 g/mol. The van der Waals surface area contributed by atoms with Gasteiger partial charge in [0.15, 0.2) is 6.07 Å². The molecule has 0 fully saturated rings. The van der Waals surface area contributed by atoms with Crippen molar-refractivity contribution in [3.05, 3.63) is 29.8 Å². The zero-order chi connectivity index (χ0) is 8.81. The SMILES string of the molecule is CNCc1cccc(OCCl)c1. The maximum absolute atomic E-state index is 5.43. The number of hydrogen-bond acceptors (Lipinski definition) is 2. The normalized spacial score (nSPS) is 9.83. The molecule has 0 saturated carbocycles. The quantitative estimate of drug-likeness (QED) is 0.725. The van der Waals surface area contributed by atoms with Crippen LogP contribution in [-0.4, -0.2) is 13.1 Å². The fraction of sp³-hybridized carbons (Fsp3) is 0.333. The molecular weight excluding hydrogens is 174 g/mol. The Bertz CT molecular complexity index is 218. The van der Waals surface area contributed by atoms with Crippen LogP contribution in [0.25, 0.3) is 0 Å². The minimum absolute atomic E-state index is 0.197. The summed E-state index contributed by atoms with van der Waals surface area (Å²) in [5.41, 5.74) is 1.19. The Kier molecular flexibility index (Phi) is 3.91. The molecule has 1 aromatic carbocycles. The number of halogens is 1. The monoisotopic (exact) mass is 185 g/mol. The average Bonchev–Trinajstić information content (AvgIpc) is 2.06. The van der Waals surface area contributed by atoms with Crippen LogP contribution >= 0.6 is 11.6 Å². The fourth-order valence-corrected chi connectivity index (χ4v) is 1.14. The van der Waals surface area contributed by atoms with Gasteiger partial charge in [0.05, 0.1) is 0 Å². The molecule has 1 aromatic rings. The third-order valence-electron chi connectivity index (χ3n) is 1.50. The van der Waals surface area contributed by atoms with Crippen molar-refractivity contribution in [1.29, 1.82) is 0 Å². The largest absolute Gasteiger partial charge is 0.478 e. The molecule has 0 radical (unpaired) electrons. The van der Waals surface area contributed by atoms with E-state index in [1.807, 2.05) is 31.3 Å². The van der Waals surface area contributed by atoms with Gasteiger partial charge in [0.2, 0.25) is 0 Å². The number of rotatable bonds is 4. The van der Waals surface area contributed by atoms with Crippen molar-refractivity contribution >= 4 is 11.6 Å². The predicted molar refractivity (Wildman–Crippen MR) is 50.6 cm³/mol. The molecule has 0 unspecified atom stereocenters. The lowest BCUT2D eigenvalue weighted by molar-refractivity contribution is 0.387. The topological polar surface area (TPSA) is 21.3 Å². The third kappa shape index (κ3) is 2.72. The Morgan fingerprint density at radius 3 is 3.00 bits per heavy atom. The summed E-state index contributed by atoms with van der Waals surface area (Å²) in [7, 11) is 1.91. The summed E-state index contributed by atoms with van der Waals surface area (Å²) in [6.45, 7) is 0.847. The highest BCUT2D eigenvalue weighted by Crippen LogP contribution is 2.13. The van der Waals surface area contributed by atoms with E-state index in [1.165, 1.54) is 5.56 Å². The van der Waals surface area contributed by atoms with Gasteiger partial charge in [0.25, 0.3) is 0 Å². The first-order valence-corrected chi connectivity index (χ1v) is 4.32. The van der Waals surface area contributed by atoms with Gasteiger partial charge in [-0.05, 0) is 24.7 Å². The van der Waals surface area contributed by atoms with Crippen molar-refractivity contribution in [2.24, 2.45) is 0 Å². The predicted octanol–water partition coefficient (Wildman–Crippen LogP) is 1.98. The molecule has 2 nitrogen and oxygen atoms in total. The molecule has 0 aliphatic carbocycles. The molecule has 0 bridgehead atoms. The van der Waals surface area contributed by atoms with Gasteiger partial charge in [0, 0.05) is 6.54 Å². The lowest BCUT2D eigenvalue weighted by Crippen LogP contribution is -2.04. The van der Waals surface area contributed by atoms with Crippen molar-refractivity contribution in [3.8, 4) is 5.75 Å². The van der Waals surface area contributed by atoms with E-state index in [-0.39, 0.29) is 6.07 Å². The van der Waals surface area contributed by atoms with Gasteiger partial charge in [-0.3, -0.25) is 0 Å². The van der Waals surface area contributed by atoms with Crippen molar-refractivity contribution in [3.63, 3.8) is 0 Å². The Labute approximate surface area is 77.5 Å². The molecule has 0 atom stereocenters. The zero-order valence-corrected chi connectivity index (χ0v) is 7.77. The number of hydrogen-bond donors (Lipinski definition) is 1. The molecule has 0 aliphatic heterocycles. The fourth-order valence-electron chi connectivity index (χ4n) is 1.01. The summed E-state index contributed by atoms with van der Waals surface area (Å²) in [5.74, 6) is 0.817. The molecular formula is C9H12ClNO. The van der Waals surface area contributed by atoms with E-state index < -0.39 is 0 Å². The first-order valence-electron chi connectivity index (χ1n) is 3.79. The summed E-state index contributed by atoms with van der Waals surface area (Å²) < 4.78 is 5.13. The van der Waals surface area contributed by atoms with Crippen LogP contribution < -0.4 is 10.1 Å². The maximum atomic E-state index is 5.43. The standard InChI is InChI=1S/C9H12ClNO/c1-11-6-8-3-2-4-9(5-8)12-7-10/h2-5,11H,6-7H2,1H3. The number of alkyl halides is 1. The first-order chi connectivity index (χ1) is 5.86. The molecule has 12 heavy (non-hydrogen) atoms. The van der Waals surface area contributed by atoms with Crippen molar-refractivity contribution in [2.75, 3.05) is 13.1 Å². The van der Waals surface area contributed by atoms with Crippen LogP contribution in [0.15, 0.2) is 24.3 Å². The van der Waals surface area contributed by atoms with E-state index in [2.05, 4.69) is 5.32 Å². The van der Waals surface area contributed by atoms with Gasteiger partial charge in [-0.2, -0.15) is 0 Å². The lowest BCUT2D eigenvalue weighted by Gasteiger charge is -2.04. The van der Waals surface area contributed by atoms with E-state index in [9.17, 15) is 0 Å². The van der Waals surface area contributed by atoms with E-state index in [4.69, 9.17) is 16.3 Å². The summed E-state index contributed by atoms with van der Waals surface area (Å²) in [6.07, 6.45) is 0. The molecule has 0 spiro atoms. The first kappa shape index (κ1) is 9.36. The summed E-state index contributed by atoms with van der Waals surface area (Å²) in [6, 6.07) is 8.05. The van der Waals surface area contributed by atoms with Crippen LogP contribution in [0.3, 0.4) is 0 Å². The van der Waals surface area contributed by atoms with Crippen LogP contribution in [0.1, 0.15) is 5.56 Å². The summed E-state index contributed by atoms with van der Waals surface area (Å²) in [5, 5.41) is 3.06. The van der Waals surface area contributed by atoms with Gasteiger partial charge in [-0.15, -0.1) is 0 Å². The Balaban J connectivity index is 2.67. The highest BCUT2D eigenvalue weighted by Gasteiger charge is 1.94. The van der Waals surface area contributed by atoms with E-state index in [1.54, 1.807) is 0 Å². The molecule has 66 valence electrons. The zero-order valence-electron chi connectivity index (χ0n) is 7.01. The lowest BCUT2D eigenvalue weighted by atomic mass is 10.2. The Hall–Kier alpha value is -0.730. The molecule has 0 heterocycles. The minimum atomic E-state index is 0.197. The molecule has 0 saturated heterocycles. The minimum Gasteiger partial charge on any atom is -0.478 e. The molecule has 0 amide bonds. The maximum Gasteiger partial charge on any atom is 0.162 e. The van der Waals surface area contributed by atoms with Crippen molar-refractivity contribution in [2.45, 2.75) is 6.54 Å². The van der Waals surface area contributed by atoms with Crippen LogP contribution in [-0.2, 0) is 6.54 Å². The van der Waals surface area contributed by atoms with Crippen LogP contribution in [0.5, 0.6) is 5.75 Å². The highest BCUT2D eigenvalue weighted by molar-refractivity contribution is 6.17. The Morgan fingerprint density at radius 1 is 1.50 bits per heavy atom. The second-order valence-corrected chi connectivity index (χ2v) is 2.65. The summed E-state index contributed by atoms with van der Waals surface area (Å²) >= 11 is 5.43. The van der Waals surface area contributed by atoms with E-state index >= 15 is 0 Å². The van der Waals surface area contributed by atoms with E-state index in [0.717, 1.165) is 12.3 Å². The highest BCUT2D eigenvalue weighted by atomic mass is 35.5. The number of ether oxygens (including phenoxy) is 1. The van der Waals surface area contributed by atoms with Gasteiger partial charge in [-0.1, -0.05) is 23.7 Å². The smallest absolute Gasteiger partial charge is 0.162 e. The number of nitrogens with one attached hydrogen (secondary N) is 1. The molecule has 0 aromatic heterocycles. The van der Waals surface area contributed by atoms with Crippen LogP contribution in [0.4, 0.5) is 0 Å². The van der Waals surface area contributed by atoms with Gasteiger partial charge < -0.3 is 10.1 Å². The van der Waals surface area contributed by atoms with Gasteiger partial charge in [-0.25, -0.2) is 0 Å². The second-order valence-electron chi connectivity index (χ2n) is 2.43. The molecule has 3 heteroatoms. The molecule has 1 rings (SSSR count). The third-order valence-corrected chi connectivity index (χ3v) is 1.61. The summed E-state index contributed by atoms with van der Waals surface area (Å²) in [4.78, 5) is 0. The van der Waals surface area contributed by atoms with Crippen molar-refractivity contribution < 1.29 is 4.74 Å². The van der Waals surface area contributed by atoms with Crippen molar-refractivity contribution in [1.82, 2.24) is 5.32 Å². The Morgan fingerprint density at radius 2 is 2.33 bits per heavy atom. The second kappa shape index (κ2) is 5.01. The molecule has 1 N–H and O–H groups in total. The van der Waals surface area contributed by atoms with Gasteiger partial charge in [0.1, 0.15) is 5.75 Å². The number of benzene rings is 1. The van der Waals surface area contributed by atoms with E-state index in [0.29, 0.717) is 0 Å². The molecule has 0 aliphatic rings. The van der Waals surface area contributed by atoms with Gasteiger partial charge >= 0.3 is 0 Å². The van der Waals surface area contributed by atoms with Crippen LogP contribution in [0, 0.1) is 0 Å².